The van der Waals surface area contributed by atoms with Crippen LogP contribution in [0.4, 0.5) is 0 Å². The van der Waals surface area contributed by atoms with Crippen molar-refractivity contribution in [3.63, 3.8) is 0 Å². The second-order valence-corrected chi connectivity index (χ2v) is 6.82. The van der Waals surface area contributed by atoms with Gasteiger partial charge in [0.25, 0.3) is 17.7 Å². The standard InChI is InChI=1S/C23H24N2O7/c1-2-30-16-7-9-17(10-8-16)31-14-12-24-20(26)15-32-21(27)11-13-25-22(28)18-5-3-4-6-19(18)23(25)29/h3-10H,2,11-15H2,1H3,(H,24,26). The van der Waals surface area contributed by atoms with Crippen LogP contribution in [0.25, 0.3) is 0 Å². The van der Waals surface area contributed by atoms with Crippen molar-refractivity contribution in [1.82, 2.24) is 10.2 Å². The number of nitrogens with zero attached hydrogens (tertiary/aromatic N) is 1. The molecule has 168 valence electrons. The van der Waals surface area contributed by atoms with Gasteiger partial charge in [0.05, 0.1) is 30.7 Å². The van der Waals surface area contributed by atoms with E-state index in [1.807, 2.05) is 6.92 Å². The Hall–Kier alpha value is -3.88. The lowest BCUT2D eigenvalue weighted by Crippen LogP contribution is -2.34. The number of amides is 3. The number of rotatable bonds is 11. The molecule has 2 aromatic rings. The molecule has 1 heterocycles. The quantitative estimate of drug-likeness (QED) is 0.322. The van der Waals surface area contributed by atoms with Gasteiger partial charge < -0.3 is 19.5 Å². The van der Waals surface area contributed by atoms with Gasteiger partial charge in [-0.25, -0.2) is 0 Å². The van der Waals surface area contributed by atoms with E-state index in [1.165, 1.54) is 0 Å². The minimum Gasteiger partial charge on any atom is -0.494 e. The summed E-state index contributed by atoms with van der Waals surface area (Å²) >= 11 is 0. The lowest BCUT2D eigenvalue weighted by Gasteiger charge is -2.13. The number of hydrogen-bond acceptors (Lipinski definition) is 7. The lowest BCUT2D eigenvalue weighted by molar-refractivity contribution is -0.148. The molecule has 0 bridgehead atoms. The molecule has 3 amide bonds. The zero-order valence-corrected chi connectivity index (χ0v) is 17.7. The second-order valence-electron chi connectivity index (χ2n) is 6.82. The predicted octanol–water partition coefficient (Wildman–Crippen LogP) is 1.81. The van der Waals surface area contributed by atoms with Crippen molar-refractivity contribution in [3.05, 3.63) is 59.7 Å². The number of ether oxygens (including phenoxy) is 3. The van der Waals surface area contributed by atoms with Crippen molar-refractivity contribution < 1.29 is 33.4 Å². The molecule has 0 unspecified atom stereocenters. The van der Waals surface area contributed by atoms with Crippen molar-refractivity contribution in [3.8, 4) is 11.5 Å². The van der Waals surface area contributed by atoms with Gasteiger partial charge >= 0.3 is 5.97 Å². The van der Waals surface area contributed by atoms with Crippen LogP contribution >= 0.6 is 0 Å². The molecule has 0 fully saturated rings. The number of carbonyl (C=O) groups is 4. The van der Waals surface area contributed by atoms with Crippen LogP contribution in [0.3, 0.4) is 0 Å². The molecule has 0 spiro atoms. The lowest BCUT2D eigenvalue weighted by atomic mass is 10.1. The van der Waals surface area contributed by atoms with Crippen molar-refractivity contribution in [2.75, 3.05) is 32.9 Å². The third-order valence-electron chi connectivity index (χ3n) is 4.61. The molecule has 9 nitrogen and oxygen atoms in total. The van der Waals surface area contributed by atoms with E-state index in [1.54, 1.807) is 48.5 Å². The average molecular weight is 440 g/mol. The van der Waals surface area contributed by atoms with Gasteiger partial charge in [-0.3, -0.25) is 24.1 Å². The highest BCUT2D eigenvalue weighted by molar-refractivity contribution is 6.21. The highest BCUT2D eigenvalue weighted by Crippen LogP contribution is 2.22. The normalized spacial score (nSPS) is 12.3. The number of carbonyl (C=O) groups excluding carboxylic acids is 4. The summed E-state index contributed by atoms with van der Waals surface area (Å²) < 4.78 is 15.8. The Balaban J connectivity index is 1.30. The van der Waals surface area contributed by atoms with Gasteiger partial charge in [0.2, 0.25) is 0 Å². The number of imide groups is 1. The first kappa shape index (κ1) is 22.8. The molecular formula is C23H24N2O7. The van der Waals surface area contributed by atoms with Crippen LogP contribution in [0.1, 0.15) is 34.1 Å². The molecule has 32 heavy (non-hydrogen) atoms. The summed E-state index contributed by atoms with van der Waals surface area (Å²) in [6.45, 7) is 2.40. The van der Waals surface area contributed by atoms with Crippen LogP contribution in [0, 0.1) is 0 Å². The van der Waals surface area contributed by atoms with Crippen LogP contribution in [0.5, 0.6) is 11.5 Å². The minimum atomic E-state index is -0.678. The largest absolute Gasteiger partial charge is 0.494 e. The van der Waals surface area contributed by atoms with E-state index >= 15 is 0 Å². The first-order valence-corrected chi connectivity index (χ1v) is 10.2. The molecule has 0 aromatic heterocycles. The van der Waals surface area contributed by atoms with Crippen molar-refractivity contribution in [2.45, 2.75) is 13.3 Å². The van der Waals surface area contributed by atoms with Gasteiger partial charge in [-0.05, 0) is 43.3 Å². The third kappa shape index (κ3) is 5.84. The van der Waals surface area contributed by atoms with Gasteiger partial charge in [0.15, 0.2) is 6.61 Å². The summed E-state index contributed by atoms with van der Waals surface area (Å²) in [7, 11) is 0. The van der Waals surface area contributed by atoms with Gasteiger partial charge in [-0.2, -0.15) is 0 Å². The molecule has 1 aliphatic rings. The zero-order chi connectivity index (χ0) is 22.9. The molecule has 0 atom stereocenters. The molecular weight excluding hydrogens is 416 g/mol. The second kappa shape index (κ2) is 10.9. The number of hydrogen-bond donors (Lipinski definition) is 1. The predicted molar refractivity (Wildman–Crippen MR) is 114 cm³/mol. The van der Waals surface area contributed by atoms with Gasteiger partial charge in [0, 0.05) is 6.54 Å². The minimum absolute atomic E-state index is 0.108. The van der Waals surface area contributed by atoms with Crippen LogP contribution in [0.2, 0.25) is 0 Å². The average Bonchev–Trinajstić information content (AvgIpc) is 3.05. The number of nitrogens with one attached hydrogen (secondary N) is 1. The molecule has 2 aromatic carbocycles. The smallest absolute Gasteiger partial charge is 0.308 e. The molecule has 1 N–H and O–H groups in total. The third-order valence-corrected chi connectivity index (χ3v) is 4.61. The Morgan fingerprint density at radius 3 is 2.09 bits per heavy atom. The summed E-state index contributed by atoms with van der Waals surface area (Å²) in [4.78, 5) is 49.2. The molecule has 0 radical (unpaired) electrons. The first-order valence-electron chi connectivity index (χ1n) is 10.2. The maximum Gasteiger partial charge on any atom is 0.308 e. The van der Waals surface area contributed by atoms with Crippen LogP contribution < -0.4 is 14.8 Å². The fourth-order valence-corrected chi connectivity index (χ4v) is 3.07. The molecule has 3 rings (SSSR count). The number of benzene rings is 2. The van der Waals surface area contributed by atoms with Gasteiger partial charge in [0.1, 0.15) is 18.1 Å². The monoisotopic (exact) mass is 440 g/mol. The highest BCUT2D eigenvalue weighted by Gasteiger charge is 2.35. The first-order chi connectivity index (χ1) is 15.5. The van der Waals surface area contributed by atoms with E-state index < -0.39 is 30.3 Å². The summed E-state index contributed by atoms with van der Waals surface area (Å²) in [6, 6.07) is 13.6. The maximum atomic E-state index is 12.3. The molecule has 0 saturated carbocycles. The number of esters is 1. The highest BCUT2D eigenvalue weighted by atomic mass is 16.5. The SMILES string of the molecule is CCOc1ccc(OCCNC(=O)COC(=O)CCN2C(=O)c3ccccc3C2=O)cc1. The van der Waals surface area contributed by atoms with Crippen LogP contribution in [-0.4, -0.2) is 61.5 Å². The topological polar surface area (TPSA) is 111 Å². The van der Waals surface area contributed by atoms with Crippen molar-refractivity contribution >= 4 is 23.7 Å². The van der Waals surface area contributed by atoms with Crippen LogP contribution in [-0.2, 0) is 14.3 Å². The summed E-state index contributed by atoms with van der Waals surface area (Å²) in [5.74, 6) is -0.649. The Morgan fingerprint density at radius 2 is 1.50 bits per heavy atom. The van der Waals surface area contributed by atoms with Gasteiger partial charge in [-0.15, -0.1) is 0 Å². The fourth-order valence-electron chi connectivity index (χ4n) is 3.07. The molecule has 9 heteroatoms. The maximum absolute atomic E-state index is 12.3. The Morgan fingerprint density at radius 1 is 0.906 bits per heavy atom. The van der Waals surface area contributed by atoms with E-state index in [0.29, 0.717) is 23.5 Å². The molecule has 0 saturated heterocycles. The van der Waals surface area contributed by atoms with E-state index in [2.05, 4.69) is 5.32 Å². The Kier molecular flexibility index (Phi) is 7.80. The van der Waals surface area contributed by atoms with Gasteiger partial charge in [-0.1, -0.05) is 12.1 Å². The van der Waals surface area contributed by atoms with Crippen molar-refractivity contribution in [2.24, 2.45) is 0 Å². The zero-order valence-electron chi connectivity index (χ0n) is 17.7. The van der Waals surface area contributed by atoms with E-state index in [9.17, 15) is 19.2 Å². The van der Waals surface area contributed by atoms with Crippen molar-refractivity contribution in [1.29, 1.82) is 0 Å². The molecule has 0 aliphatic carbocycles. The number of fused-ring (bicyclic) bond motifs is 1. The van der Waals surface area contributed by atoms with E-state index in [0.717, 1.165) is 10.6 Å². The Labute approximate surface area is 185 Å². The summed E-state index contributed by atoms with van der Waals surface area (Å²) in [5.41, 5.74) is 0.635. The summed E-state index contributed by atoms with van der Waals surface area (Å²) in [5, 5.41) is 2.58. The van der Waals surface area contributed by atoms with Crippen LogP contribution in [0.15, 0.2) is 48.5 Å². The Bertz CT molecular complexity index is 953. The molecule has 1 aliphatic heterocycles. The van der Waals surface area contributed by atoms with E-state index in [4.69, 9.17) is 14.2 Å². The summed E-state index contributed by atoms with van der Waals surface area (Å²) in [6.07, 6.45) is -0.195. The fraction of sp³-hybridized carbons (Fsp3) is 0.304. The van der Waals surface area contributed by atoms with E-state index in [-0.39, 0.29) is 26.1 Å².